The van der Waals surface area contributed by atoms with E-state index in [2.05, 4.69) is 0 Å². The summed E-state index contributed by atoms with van der Waals surface area (Å²) < 4.78 is 35.7. The molecule has 2 aromatic carbocycles. The molecule has 0 aromatic heterocycles. The van der Waals surface area contributed by atoms with E-state index in [1.54, 1.807) is 12.1 Å². The molecule has 0 atom stereocenters. The standard InChI is InChI=1S/C26H30O7S/c27-25(28)20-11-18(12-21(13-20)26(29)30)19-14-22(16-7-3-1-4-8-16)24(34(31,32)33)23(15-19)17-9-5-2-6-10-17/h11-17H,1-10H2,(H,27,28)(H,29,30)(H,31,32,33). The third kappa shape index (κ3) is 5.18. The molecular weight excluding hydrogens is 456 g/mol. The number of hydrogen-bond donors (Lipinski definition) is 3. The molecule has 4 rings (SSSR count). The molecule has 2 saturated carbocycles. The first-order valence-electron chi connectivity index (χ1n) is 11.9. The lowest BCUT2D eigenvalue weighted by Gasteiger charge is -2.29. The van der Waals surface area contributed by atoms with Crippen LogP contribution in [0.15, 0.2) is 35.2 Å². The van der Waals surface area contributed by atoms with E-state index in [1.807, 2.05) is 0 Å². The number of carbonyl (C=O) groups is 2. The highest BCUT2D eigenvalue weighted by molar-refractivity contribution is 7.86. The Kier molecular flexibility index (Phi) is 7.09. The zero-order valence-corrected chi connectivity index (χ0v) is 19.8. The van der Waals surface area contributed by atoms with Crippen molar-refractivity contribution in [3.8, 4) is 11.1 Å². The monoisotopic (exact) mass is 486 g/mol. The van der Waals surface area contributed by atoms with Crippen LogP contribution >= 0.6 is 0 Å². The van der Waals surface area contributed by atoms with Gasteiger partial charge < -0.3 is 10.2 Å². The minimum absolute atomic E-state index is 0.00268. The lowest BCUT2D eigenvalue weighted by molar-refractivity contribution is 0.0696. The van der Waals surface area contributed by atoms with E-state index in [-0.39, 0.29) is 27.9 Å². The SMILES string of the molecule is O=C(O)c1cc(C(=O)O)cc(-c2cc(C3CCCCC3)c(S(=O)(=O)O)c(C3CCCCC3)c2)c1. The number of carboxylic acid groups (broad SMARTS) is 2. The lowest BCUT2D eigenvalue weighted by atomic mass is 9.78. The molecule has 8 heteroatoms. The van der Waals surface area contributed by atoms with Crippen molar-refractivity contribution in [3.63, 3.8) is 0 Å². The number of aromatic carboxylic acids is 2. The summed E-state index contributed by atoms with van der Waals surface area (Å²) in [7, 11) is -4.49. The maximum atomic E-state index is 12.7. The highest BCUT2D eigenvalue weighted by atomic mass is 32.2. The molecule has 0 bridgehead atoms. The van der Waals surface area contributed by atoms with E-state index in [0.29, 0.717) is 22.3 Å². The van der Waals surface area contributed by atoms with Gasteiger partial charge in [-0.05, 0) is 90.1 Å². The van der Waals surface area contributed by atoms with Gasteiger partial charge in [0, 0.05) is 0 Å². The Balaban J connectivity index is 1.99. The molecule has 34 heavy (non-hydrogen) atoms. The fourth-order valence-electron chi connectivity index (χ4n) is 5.61. The molecule has 2 aromatic rings. The number of hydrogen-bond acceptors (Lipinski definition) is 4. The van der Waals surface area contributed by atoms with Crippen molar-refractivity contribution in [1.29, 1.82) is 0 Å². The van der Waals surface area contributed by atoms with Gasteiger partial charge in [-0.2, -0.15) is 8.42 Å². The number of benzene rings is 2. The molecule has 0 amide bonds. The first-order valence-corrected chi connectivity index (χ1v) is 13.4. The van der Waals surface area contributed by atoms with Crippen molar-refractivity contribution < 1.29 is 32.8 Å². The highest BCUT2D eigenvalue weighted by Gasteiger charge is 2.31. The van der Waals surface area contributed by atoms with Crippen LogP contribution in [0.5, 0.6) is 0 Å². The molecule has 2 aliphatic carbocycles. The second-order valence-corrected chi connectivity index (χ2v) is 10.9. The van der Waals surface area contributed by atoms with Gasteiger partial charge in [0.1, 0.15) is 4.90 Å². The Labute approximate surface area is 199 Å². The van der Waals surface area contributed by atoms with E-state index in [1.165, 1.54) is 12.1 Å². The number of rotatable bonds is 6. The highest BCUT2D eigenvalue weighted by Crippen LogP contribution is 2.44. The maximum Gasteiger partial charge on any atom is 0.335 e. The summed E-state index contributed by atoms with van der Waals surface area (Å²) in [4.78, 5) is 23.3. The van der Waals surface area contributed by atoms with Crippen LogP contribution in [0.4, 0.5) is 0 Å². The first-order chi connectivity index (χ1) is 16.1. The van der Waals surface area contributed by atoms with Gasteiger partial charge in [0.05, 0.1) is 11.1 Å². The van der Waals surface area contributed by atoms with Gasteiger partial charge in [-0.3, -0.25) is 4.55 Å². The van der Waals surface area contributed by atoms with Crippen LogP contribution in [0.2, 0.25) is 0 Å². The first kappa shape index (κ1) is 24.4. The zero-order valence-electron chi connectivity index (χ0n) is 19.0. The lowest BCUT2D eigenvalue weighted by Crippen LogP contribution is -2.16. The molecule has 7 nitrogen and oxygen atoms in total. The predicted molar refractivity (Wildman–Crippen MR) is 127 cm³/mol. The molecule has 182 valence electrons. The third-order valence-electron chi connectivity index (χ3n) is 7.25. The quantitative estimate of drug-likeness (QED) is 0.421. The molecule has 0 aliphatic heterocycles. The topological polar surface area (TPSA) is 129 Å². The Morgan fingerprint density at radius 3 is 1.38 bits per heavy atom. The molecule has 2 aliphatic rings. The van der Waals surface area contributed by atoms with Crippen LogP contribution in [0.3, 0.4) is 0 Å². The van der Waals surface area contributed by atoms with Gasteiger partial charge in [-0.25, -0.2) is 9.59 Å². The van der Waals surface area contributed by atoms with E-state index in [0.717, 1.165) is 70.3 Å². The van der Waals surface area contributed by atoms with Crippen molar-refractivity contribution >= 4 is 22.1 Å². The minimum Gasteiger partial charge on any atom is -0.478 e. The van der Waals surface area contributed by atoms with E-state index in [9.17, 15) is 32.8 Å². The predicted octanol–water partition coefficient (Wildman–Crippen LogP) is 6.09. The van der Waals surface area contributed by atoms with E-state index < -0.39 is 22.1 Å². The Morgan fingerprint density at radius 1 is 0.647 bits per heavy atom. The van der Waals surface area contributed by atoms with Gasteiger partial charge in [0.15, 0.2) is 0 Å². The second kappa shape index (κ2) is 9.88. The van der Waals surface area contributed by atoms with Crippen molar-refractivity contribution in [3.05, 3.63) is 52.6 Å². The molecule has 0 radical (unpaired) electrons. The maximum absolute atomic E-state index is 12.7. The molecule has 0 saturated heterocycles. The molecular formula is C26H30O7S. The number of carboxylic acids is 2. The average molecular weight is 487 g/mol. The fourth-order valence-corrected chi connectivity index (χ4v) is 6.66. The summed E-state index contributed by atoms with van der Waals surface area (Å²) in [6.07, 6.45) is 9.28. The normalized spacial score (nSPS) is 18.0. The molecule has 2 fully saturated rings. The van der Waals surface area contributed by atoms with Gasteiger partial charge >= 0.3 is 11.9 Å². The fraction of sp³-hybridized carbons (Fsp3) is 0.462. The summed E-state index contributed by atoms with van der Waals surface area (Å²) in [6, 6.07) is 7.40. The Morgan fingerprint density at radius 2 is 1.03 bits per heavy atom. The molecule has 0 heterocycles. The smallest absolute Gasteiger partial charge is 0.335 e. The summed E-state index contributed by atoms with van der Waals surface area (Å²) in [5, 5.41) is 19.0. The van der Waals surface area contributed by atoms with Gasteiger partial charge in [0.2, 0.25) is 0 Å². The van der Waals surface area contributed by atoms with Crippen molar-refractivity contribution in [1.82, 2.24) is 0 Å². The molecule has 3 N–H and O–H groups in total. The van der Waals surface area contributed by atoms with E-state index in [4.69, 9.17) is 0 Å². The van der Waals surface area contributed by atoms with Crippen LogP contribution in [0, 0.1) is 0 Å². The minimum atomic E-state index is -4.49. The van der Waals surface area contributed by atoms with Gasteiger partial charge in [-0.15, -0.1) is 0 Å². The van der Waals surface area contributed by atoms with Crippen LogP contribution in [0.25, 0.3) is 11.1 Å². The van der Waals surface area contributed by atoms with Crippen LogP contribution in [0.1, 0.15) is 108 Å². The van der Waals surface area contributed by atoms with Crippen molar-refractivity contribution in [2.45, 2.75) is 80.9 Å². The summed E-state index contributed by atoms with van der Waals surface area (Å²) >= 11 is 0. The van der Waals surface area contributed by atoms with Crippen LogP contribution in [-0.2, 0) is 10.1 Å². The summed E-state index contributed by atoms with van der Waals surface area (Å²) in [6.45, 7) is 0. The Hall–Kier alpha value is -2.71. The van der Waals surface area contributed by atoms with E-state index >= 15 is 0 Å². The molecule has 0 unspecified atom stereocenters. The van der Waals surface area contributed by atoms with Crippen LogP contribution < -0.4 is 0 Å². The summed E-state index contributed by atoms with van der Waals surface area (Å²) in [5.74, 6) is -2.54. The summed E-state index contributed by atoms with van der Waals surface area (Å²) in [5.41, 5.74) is 1.84. The Bertz CT molecular complexity index is 1130. The largest absolute Gasteiger partial charge is 0.478 e. The van der Waals surface area contributed by atoms with Crippen LogP contribution in [-0.4, -0.2) is 35.1 Å². The van der Waals surface area contributed by atoms with Crippen molar-refractivity contribution in [2.24, 2.45) is 0 Å². The second-order valence-electron chi connectivity index (χ2n) is 9.54. The van der Waals surface area contributed by atoms with Crippen molar-refractivity contribution in [2.75, 3.05) is 0 Å². The van der Waals surface area contributed by atoms with Gasteiger partial charge in [-0.1, -0.05) is 38.5 Å². The third-order valence-corrected chi connectivity index (χ3v) is 8.24. The molecule has 0 spiro atoms. The average Bonchev–Trinajstić information content (AvgIpc) is 2.83. The van der Waals surface area contributed by atoms with Gasteiger partial charge in [0.25, 0.3) is 10.1 Å². The zero-order chi connectivity index (χ0) is 24.5.